The molecular formula is C10H21N3. The first-order chi connectivity index (χ1) is 6.09. The molecular weight excluding hydrogens is 162 g/mol. The molecule has 0 aromatic carbocycles. The number of hydrogen-bond acceptors (Lipinski definition) is 2. The third kappa shape index (κ3) is 4.27. The van der Waals surface area contributed by atoms with Crippen LogP contribution in [0.4, 0.5) is 0 Å². The second kappa shape index (κ2) is 4.61. The van der Waals surface area contributed by atoms with Crippen LogP contribution < -0.4 is 5.73 Å². The van der Waals surface area contributed by atoms with Gasteiger partial charge in [-0.25, -0.2) is 0 Å². The molecule has 0 unspecified atom stereocenters. The summed E-state index contributed by atoms with van der Waals surface area (Å²) in [6.45, 7) is 6.60. The van der Waals surface area contributed by atoms with Gasteiger partial charge in [0.15, 0.2) is 0 Å². The number of amidine groups is 1. The summed E-state index contributed by atoms with van der Waals surface area (Å²) >= 11 is 0. The quantitative estimate of drug-likeness (QED) is 0.483. The van der Waals surface area contributed by atoms with Gasteiger partial charge in [0.05, 0.1) is 5.84 Å². The number of rotatable bonds is 6. The highest BCUT2D eigenvalue weighted by molar-refractivity contribution is 5.76. The minimum Gasteiger partial charge on any atom is -0.388 e. The van der Waals surface area contributed by atoms with Crippen LogP contribution in [0.2, 0.25) is 0 Å². The molecule has 1 saturated carbocycles. The van der Waals surface area contributed by atoms with Crippen LogP contribution in [0.5, 0.6) is 0 Å². The predicted octanol–water partition coefficient (Wildman–Crippen LogP) is 1.43. The minimum atomic E-state index is 0.314. The largest absolute Gasteiger partial charge is 0.388 e. The summed E-state index contributed by atoms with van der Waals surface area (Å²) in [4.78, 5) is 2.48. The van der Waals surface area contributed by atoms with E-state index in [0.717, 1.165) is 25.6 Å². The first-order valence-corrected chi connectivity index (χ1v) is 5.16. The van der Waals surface area contributed by atoms with Crippen molar-refractivity contribution in [2.75, 3.05) is 13.1 Å². The lowest BCUT2D eigenvalue weighted by Crippen LogP contribution is -2.33. The van der Waals surface area contributed by atoms with Gasteiger partial charge in [0.1, 0.15) is 0 Å². The lowest BCUT2D eigenvalue weighted by Gasteiger charge is -2.23. The van der Waals surface area contributed by atoms with Crippen molar-refractivity contribution in [3.8, 4) is 0 Å². The Morgan fingerprint density at radius 2 is 2.15 bits per heavy atom. The Kier molecular flexibility index (Phi) is 3.72. The maximum Gasteiger partial charge on any atom is 0.0918 e. The topological polar surface area (TPSA) is 53.1 Å². The van der Waals surface area contributed by atoms with E-state index in [4.69, 9.17) is 11.1 Å². The zero-order chi connectivity index (χ0) is 9.84. The summed E-state index contributed by atoms with van der Waals surface area (Å²) in [5.41, 5.74) is 5.35. The predicted molar refractivity (Wildman–Crippen MR) is 56.0 cm³/mol. The molecule has 0 radical (unpaired) electrons. The molecule has 0 bridgehead atoms. The van der Waals surface area contributed by atoms with Gasteiger partial charge in [-0.3, -0.25) is 10.3 Å². The maximum absolute atomic E-state index is 7.18. The van der Waals surface area contributed by atoms with Crippen molar-refractivity contribution in [1.29, 1.82) is 5.41 Å². The second-order valence-corrected chi connectivity index (χ2v) is 4.40. The molecule has 0 heterocycles. The van der Waals surface area contributed by atoms with Gasteiger partial charge in [-0.2, -0.15) is 0 Å². The molecule has 1 aliphatic rings. The molecule has 1 aliphatic carbocycles. The lowest BCUT2D eigenvalue weighted by atomic mass is 10.2. The highest BCUT2D eigenvalue weighted by atomic mass is 15.2. The van der Waals surface area contributed by atoms with E-state index in [9.17, 15) is 0 Å². The van der Waals surface area contributed by atoms with Crippen LogP contribution in [0.3, 0.4) is 0 Å². The molecule has 3 N–H and O–H groups in total. The average Bonchev–Trinajstić information content (AvgIpc) is 2.78. The van der Waals surface area contributed by atoms with Crippen LogP contribution in [0.1, 0.15) is 33.1 Å². The first-order valence-electron chi connectivity index (χ1n) is 5.16. The van der Waals surface area contributed by atoms with E-state index in [0.29, 0.717) is 11.8 Å². The van der Waals surface area contributed by atoms with Crippen molar-refractivity contribution in [3.63, 3.8) is 0 Å². The van der Waals surface area contributed by atoms with E-state index in [-0.39, 0.29) is 0 Å². The summed E-state index contributed by atoms with van der Waals surface area (Å²) in [6.07, 6.45) is 3.40. The highest BCUT2D eigenvalue weighted by Gasteiger charge is 2.28. The Morgan fingerprint density at radius 1 is 1.54 bits per heavy atom. The van der Waals surface area contributed by atoms with Crippen molar-refractivity contribution in [3.05, 3.63) is 0 Å². The maximum atomic E-state index is 7.18. The summed E-state index contributed by atoms with van der Waals surface area (Å²) in [7, 11) is 0. The van der Waals surface area contributed by atoms with Crippen molar-refractivity contribution in [1.82, 2.24) is 4.90 Å². The van der Waals surface area contributed by atoms with Gasteiger partial charge >= 0.3 is 0 Å². The monoisotopic (exact) mass is 183 g/mol. The van der Waals surface area contributed by atoms with Crippen LogP contribution in [-0.4, -0.2) is 29.9 Å². The minimum absolute atomic E-state index is 0.314. The van der Waals surface area contributed by atoms with E-state index < -0.39 is 0 Å². The van der Waals surface area contributed by atoms with Gasteiger partial charge in [0, 0.05) is 25.6 Å². The van der Waals surface area contributed by atoms with Crippen LogP contribution >= 0.6 is 0 Å². The van der Waals surface area contributed by atoms with Crippen molar-refractivity contribution >= 4 is 5.84 Å². The molecule has 0 amide bonds. The number of hydrogen-bond donors (Lipinski definition) is 2. The van der Waals surface area contributed by atoms with Crippen LogP contribution in [0, 0.1) is 11.3 Å². The fourth-order valence-electron chi connectivity index (χ4n) is 1.60. The van der Waals surface area contributed by atoms with E-state index >= 15 is 0 Å². The standard InChI is InChI=1S/C10H21N3/c1-8(2)7-13(9-3-4-9)6-5-10(11)12/h8-9H,3-7H2,1-2H3,(H3,11,12). The average molecular weight is 183 g/mol. The lowest BCUT2D eigenvalue weighted by molar-refractivity contribution is 0.240. The van der Waals surface area contributed by atoms with Crippen molar-refractivity contribution in [2.24, 2.45) is 11.7 Å². The van der Waals surface area contributed by atoms with Gasteiger partial charge < -0.3 is 5.73 Å². The van der Waals surface area contributed by atoms with Gasteiger partial charge in [-0.15, -0.1) is 0 Å². The summed E-state index contributed by atoms with van der Waals surface area (Å²) in [5, 5.41) is 7.18. The third-order valence-electron chi connectivity index (χ3n) is 2.33. The fourth-order valence-corrected chi connectivity index (χ4v) is 1.60. The normalized spacial score (nSPS) is 16.9. The molecule has 3 nitrogen and oxygen atoms in total. The van der Waals surface area contributed by atoms with E-state index in [2.05, 4.69) is 18.7 Å². The van der Waals surface area contributed by atoms with Gasteiger partial charge in [-0.05, 0) is 18.8 Å². The highest BCUT2D eigenvalue weighted by Crippen LogP contribution is 2.27. The molecule has 76 valence electrons. The second-order valence-electron chi connectivity index (χ2n) is 4.40. The number of nitrogens with zero attached hydrogens (tertiary/aromatic N) is 1. The summed E-state index contributed by atoms with van der Waals surface area (Å²) in [5.74, 6) is 1.03. The Hall–Kier alpha value is -0.570. The van der Waals surface area contributed by atoms with Crippen LogP contribution in [0.25, 0.3) is 0 Å². The molecule has 0 aromatic heterocycles. The molecule has 0 saturated heterocycles. The Balaban J connectivity index is 2.25. The zero-order valence-electron chi connectivity index (χ0n) is 8.71. The van der Waals surface area contributed by atoms with Gasteiger partial charge in [0.25, 0.3) is 0 Å². The molecule has 1 fully saturated rings. The Labute approximate surface area is 80.8 Å². The Morgan fingerprint density at radius 3 is 2.54 bits per heavy atom. The smallest absolute Gasteiger partial charge is 0.0918 e. The first kappa shape index (κ1) is 10.5. The van der Waals surface area contributed by atoms with Crippen LogP contribution in [-0.2, 0) is 0 Å². The molecule has 0 aliphatic heterocycles. The Bertz CT molecular complexity index is 173. The van der Waals surface area contributed by atoms with Crippen LogP contribution in [0.15, 0.2) is 0 Å². The molecule has 1 rings (SSSR count). The third-order valence-corrected chi connectivity index (χ3v) is 2.33. The van der Waals surface area contributed by atoms with Gasteiger partial charge in [0.2, 0.25) is 0 Å². The van der Waals surface area contributed by atoms with Crippen molar-refractivity contribution < 1.29 is 0 Å². The zero-order valence-corrected chi connectivity index (χ0v) is 8.71. The molecule has 3 heteroatoms. The van der Waals surface area contributed by atoms with Gasteiger partial charge in [-0.1, -0.05) is 13.8 Å². The van der Waals surface area contributed by atoms with E-state index in [1.807, 2.05) is 0 Å². The summed E-state index contributed by atoms with van der Waals surface area (Å²) in [6, 6.07) is 0.793. The molecule has 0 aromatic rings. The van der Waals surface area contributed by atoms with E-state index in [1.54, 1.807) is 0 Å². The molecule has 0 atom stereocenters. The van der Waals surface area contributed by atoms with E-state index in [1.165, 1.54) is 12.8 Å². The molecule has 13 heavy (non-hydrogen) atoms. The SMILES string of the molecule is CC(C)CN(CCC(=N)N)C1CC1. The van der Waals surface area contributed by atoms with Crippen molar-refractivity contribution in [2.45, 2.75) is 39.2 Å². The fraction of sp³-hybridized carbons (Fsp3) is 0.900. The number of nitrogens with two attached hydrogens (primary N) is 1. The summed E-state index contributed by atoms with van der Waals surface area (Å²) < 4.78 is 0. The number of nitrogens with one attached hydrogen (secondary N) is 1. The molecule has 0 spiro atoms.